The third-order valence-corrected chi connectivity index (χ3v) is 3.73. The molecule has 0 saturated carbocycles. The van der Waals surface area contributed by atoms with E-state index in [9.17, 15) is 19.7 Å². The van der Waals surface area contributed by atoms with Gasteiger partial charge in [-0.15, -0.1) is 0 Å². The maximum Gasteiger partial charge on any atom is 0.345 e. The van der Waals surface area contributed by atoms with Gasteiger partial charge in [0.1, 0.15) is 17.9 Å². The lowest BCUT2D eigenvalue weighted by Crippen LogP contribution is -2.17. The second-order valence-electron chi connectivity index (χ2n) is 5.64. The Bertz CT molecular complexity index is 906. The minimum absolute atomic E-state index is 0.0171. The van der Waals surface area contributed by atoms with E-state index in [-0.39, 0.29) is 29.1 Å². The fourth-order valence-corrected chi connectivity index (χ4v) is 2.32. The number of methoxy groups -OCH3 is 1. The molecule has 0 atom stereocenters. The molecule has 140 valence electrons. The van der Waals surface area contributed by atoms with E-state index in [1.165, 1.54) is 18.2 Å². The molecule has 0 fully saturated rings. The molecule has 2 rings (SSSR count). The van der Waals surface area contributed by atoms with Gasteiger partial charge in [0.25, 0.3) is 5.69 Å². The highest BCUT2D eigenvalue weighted by atomic mass is 16.6. The maximum absolute atomic E-state index is 12.3. The van der Waals surface area contributed by atoms with Crippen LogP contribution in [0.25, 0.3) is 6.08 Å². The van der Waals surface area contributed by atoms with E-state index in [2.05, 4.69) is 4.74 Å². The summed E-state index contributed by atoms with van der Waals surface area (Å²) in [5.74, 6) is -1.81. The number of nitrogens with two attached hydrogens (primary N) is 1. The average molecular weight is 370 g/mol. The Labute approximate surface area is 155 Å². The number of nitro groups is 1. The number of nitrogens with zero attached hydrogens (tertiary/aromatic N) is 1. The van der Waals surface area contributed by atoms with E-state index in [4.69, 9.17) is 10.5 Å². The van der Waals surface area contributed by atoms with Crippen LogP contribution in [0.15, 0.2) is 48.0 Å². The molecular formula is C19H18N2O6. The van der Waals surface area contributed by atoms with E-state index < -0.39 is 16.9 Å². The zero-order valence-electron chi connectivity index (χ0n) is 14.8. The highest BCUT2D eigenvalue weighted by Gasteiger charge is 2.22. The number of nitro benzene ring substituents is 1. The molecule has 0 unspecified atom stereocenters. The number of hydrogen-bond acceptors (Lipinski definition) is 7. The van der Waals surface area contributed by atoms with E-state index >= 15 is 0 Å². The van der Waals surface area contributed by atoms with E-state index in [0.29, 0.717) is 5.56 Å². The number of carbonyl (C=O) groups is 2. The van der Waals surface area contributed by atoms with Gasteiger partial charge in [0.15, 0.2) is 0 Å². The molecule has 0 saturated heterocycles. The van der Waals surface area contributed by atoms with Crippen LogP contribution in [-0.2, 0) is 25.7 Å². The number of nitrogen functional groups attached to an aromatic ring is 1. The molecule has 2 aromatic carbocycles. The average Bonchev–Trinajstić information content (AvgIpc) is 2.66. The molecule has 0 amide bonds. The first kappa shape index (κ1) is 19.6. The zero-order valence-corrected chi connectivity index (χ0v) is 14.8. The van der Waals surface area contributed by atoms with Crippen molar-refractivity contribution < 1.29 is 24.0 Å². The quantitative estimate of drug-likeness (QED) is 0.158. The van der Waals surface area contributed by atoms with Gasteiger partial charge in [0, 0.05) is 6.07 Å². The Morgan fingerprint density at radius 1 is 1.19 bits per heavy atom. The second kappa shape index (κ2) is 8.61. The van der Waals surface area contributed by atoms with Crippen molar-refractivity contribution in [3.63, 3.8) is 0 Å². The van der Waals surface area contributed by atoms with Crippen LogP contribution in [0.4, 0.5) is 11.4 Å². The van der Waals surface area contributed by atoms with Gasteiger partial charge in [0.2, 0.25) is 0 Å². The lowest BCUT2D eigenvalue weighted by molar-refractivity contribution is -0.383. The first-order valence-corrected chi connectivity index (χ1v) is 7.89. The van der Waals surface area contributed by atoms with Crippen molar-refractivity contribution in [3.8, 4) is 0 Å². The Hall–Kier alpha value is -3.68. The topological polar surface area (TPSA) is 122 Å². The summed E-state index contributed by atoms with van der Waals surface area (Å²) in [6.45, 7) is 1.56. The van der Waals surface area contributed by atoms with Crippen molar-refractivity contribution in [2.45, 2.75) is 13.5 Å². The molecule has 0 heterocycles. The molecule has 27 heavy (non-hydrogen) atoms. The van der Waals surface area contributed by atoms with E-state index in [1.54, 1.807) is 31.2 Å². The van der Waals surface area contributed by atoms with Crippen molar-refractivity contribution in [3.05, 3.63) is 74.8 Å². The van der Waals surface area contributed by atoms with Crippen LogP contribution in [-0.4, -0.2) is 24.0 Å². The van der Waals surface area contributed by atoms with Crippen LogP contribution in [0.2, 0.25) is 0 Å². The third kappa shape index (κ3) is 4.91. The van der Waals surface area contributed by atoms with Gasteiger partial charge in [-0.1, -0.05) is 30.3 Å². The number of hydrogen-bond donors (Lipinski definition) is 1. The number of ether oxygens (including phenoxy) is 2. The molecule has 0 aromatic heterocycles. The smallest absolute Gasteiger partial charge is 0.345 e. The van der Waals surface area contributed by atoms with Gasteiger partial charge >= 0.3 is 11.9 Å². The Balaban J connectivity index is 2.34. The predicted molar refractivity (Wildman–Crippen MR) is 98.5 cm³/mol. The molecule has 2 aromatic rings. The molecule has 8 heteroatoms. The molecule has 0 aliphatic heterocycles. The fraction of sp³-hybridized carbons (Fsp3) is 0.158. The standard InChI is InChI=1S/C19H18N2O6/c1-12-8-14(10-16(17(12)20)21(24)25)9-15(18(22)26-2)19(23)27-11-13-6-4-3-5-7-13/h3-10H,11,20H2,1-2H3/b15-9-. The van der Waals surface area contributed by atoms with Gasteiger partial charge in [0.05, 0.1) is 12.0 Å². The molecule has 8 nitrogen and oxygen atoms in total. The zero-order chi connectivity index (χ0) is 20.0. The Kier molecular flexibility index (Phi) is 6.27. The highest BCUT2D eigenvalue weighted by molar-refractivity contribution is 6.17. The molecule has 0 aliphatic rings. The summed E-state index contributed by atoms with van der Waals surface area (Å²) in [7, 11) is 1.12. The summed E-state index contributed by atoms with van der Waals surface area (Å²) in [5, 5.41) is 11.1. The minimum Gasteiger partial charge on any atom is -0.465 e. The maximum atomic E-state index is 12.3. The summed E-state index contributed by atoms with van der Waals surface area (Å²) in [4.78, 5) is 34.8. The second-order valence-corrected chi connectivity index (χ2v) is 5.64. The number of esters is 2. The minimum atomic E-state index is -0.912. The number of aryl methyl sites for hydroxylation is 1. The van der Waals surface area contributed by atoms with Crippen molar-refractivity contribution in [2.24, 2.45) is 0 Å². The van der Waals surface area contributed by atoms with Gasteiger partial charge in [-0.2, -0.15) is 0 Å². The van der Waals surface area contributed by atoms with Crippen LogP contribution in [0, 0.1) is 17.0 Å². The fourth-order valence-electron chi connectivity index (χ4n) is 2.32. The van der Waals surface area contributed by atoms with Crippen LogP contribution < -0.4 is 5.73 Å². The number of benzene rings is 2. The summed E-state index contributed by atoms with van der Waals surface area (Å²) >= 11 is 0. The van der Waals surface area contributed by atoms with Crippen molar-refractivity contribution in [1.29, 1.82) is 0 Å². The molecular weight excluding hydrogens is 352 g/mol. The van der Waals surface area contributed by atoms with Crippen LogP contribution in [0.1, 0.15) is 16.7 Å². The molecule has 0 bridgehead atoms. The Morgan fingerprint density at radius 2 is 1.85 bits per heavy atom. The number of rotatable bonds is 6. The van der Waals surface area contributed by atoms with E-state index in [0.717, 1.165) is 12.7 Å². The lowest BCUT2D eigenvalue weighted by atomic mass is 10.1. The first-order valence-electron chi connectivity index (χ1n) is 7.89. The molecule has 2 N–H and O–H groups in total. The van der Waals surface area contributed by atoms with Gasteiger partial charge in [-0.25, -0.2) is 9.59 Å². The summed E-state index contributed by atoms with van der Waals surface area (Å²) in [5.41, 5.74) is 6.45. The van der Waals surface area contributed by atoms with Crippen molar-refractivity contribution in [1.82, 2.24) is 0 Å². The summed E-state index contributed by atoms with van der Waals surface area (Å²) < 4.78 is 9.77. The van der Waals surface area contributed by atoms with Crippen LogP contribution >= 0.6 is 0 Å². The Morgan fingerprint density at radius 3 is 2.44 bits per heavy atom. The lowest BCUT2D eigenvalue weighted by Gasteiger charge is -2.08. The van der Waals surface area contributed by atoms with Gasteiger partial charge in [-0.3, -0.25) is 10.1 Å². The normalized spacial score (nSPS) is 11.0. The number of anilines is 1. The summed E-state index contributed by atoms with van der Waals surface area (Å²) in [6.07, 6.45) is 1.18. The monoisotopic (exact) mass is 370 g/mol. The predicted octanol–water partition coefficient (Wildman–Crippen LogP) is 2.79. The molecule has 0 aliphatic carbocycles. The van der Waals surface area contributed by atoms with Gasteiger partial charge < -0.3 is 15.2 Å². The number of carbonyl (C=O) groups excluding carboxylic acids is 2. The SMILES string of the molecule is COC(=O)/C(=C/c1cc(C)c(N)c([N+](=O)[O-])c1)C(=O)OCc1ccccc1. The highest BCUT2D eigenvalue weighted by Crippen LogP contribution is 2.28. The summed E-state index contributed by atoms with van der Waals surface area (Å²) in [6, 6.07) is 11.6. The van der Waals surface area contributed by atoms with Gasteiger partial charge in [-0.05, 0) is 35.8 Å². The molecule has 0 radical (unpaired) electrons. The third-order valence-electron chi connectivity index (χ3n) is 3.73. The first-order chi connectivity index (χ1) is 12.8. The van der Waals surface area contributed by atoms with Crippen LogP contribution in [0.3, 0.4) is 0 Å². The largest absolute Gasteiger partial charge is 0.465 e. The van der Waals surface area contributed by atoms with E-state index in [1.807, 2.05) is 6.07 Å². The van der Waals surface area contributed by atoms with Crippen LogP contribution in [0.5, 0.6) is 0 Å². The molecule has 0 spiro atoms. The van der Waals surface area contributed by atoms with Crippen molar-refractivity contribution in [2.75, 3.05) is 12.8 Å². The van der Waals surface area contributed by atoms with Crippen molar-refractivity contribution >= 4 is 29.4 Å².